The smallest absolute Gasteiger partial charge is 0.256 e. The molecule has 1 N–H and O–H groups in total. The summed E-state index contributed by atoms with van der Waals surface area (Å²) in [6.07, 6.45) is 0.154. The molecule has 0 aliphatic carbocycles. The minimum absolute atomic E-state index is 0.104. The van der Waals surface area contributed by atoms with E-state index in [0.29, 0.717) is 17.7 Å². The van der Waals surface area contributed by atoms with Crippen LogP contribution in [0.15, 0.2) is 48.5 Å². The summed E-state index contributed by atoms with van der Waals surface area (Å²) < 4.78 is 0. The molecule has 3 nitrogen and oxygen atoms in total. The third kappa shape index (κ3) is 2.10. The monoisotopic (exact) mass is 267 g/mol. The van der Waals surface area contributed by atoms with Gasteiger partial charge < -0.3 is 10.0 Å². The van der Waals surface area contributed by atoms with E-state index in [9.17, 15) is 9.90 Å². The molecule has 1 atom stereocenters. The van der Waals surface area contributed by atoms with Gasteiger partial charge in [0.1, 0.15) is 0 Å². The number of hydrogen-bond acceptors (Lipinski definition) is 2. The van der Waals surface area contributed by atoms with Crippen molar-refractivity contribution in [2.75, 3.05) is 0 Å². The van der Waals surface area contributed by atoms with E-state index >= 15 is 0 Å². The average Bonchev–Trinajstić information content (AvgIpc) is 2.74. The molecule has 2 aromatic carbocycles. The fourth-order valence-corrected chi connectivity index (χ4v) is 2.59. The number of amides is 1. The quantitative estimate of drug-likeness (QED) is 0.929. The number of nitrogens with zero attached hydrogens (tertiary/aromatic N) is 1. The number of aryl methyl sites for hydroxylation is 1. The molecule has 1 aliphatic rings. The number of rotatable bonds is 3. The van der Waals surface area contributed by atoms with Gasteiger partial charge in [-0.1, -0.05) is 49.4 Å². The van der Waals surface area contributed by atoms with Gasteiger partial charge in [0.15, 0.2) is 6.23 Å². The summed E-state index contributed by atoms with van der Waals surface area (Å²) in [6.45, 7) is 2.54. The van der Waals surface area contributed by atoms with Crippen LogP contribution in [0.1, 0.15) is 40.2 Å². The van der Waals surface area contributed by atoms with Gasteiger partial charge in [-0.2, -0.15) is 0 Å². The van der Waals surface area contributed by atoms with Crippen molar-refractivity contribution in [1.82, 2.24) is 4.90 Å². The van der Waals surface area contributed by atoms with Crippen LogP contribution < -0.4 is 0 Å². The molecule has 2 aromatic rings. The van der Waals surface area contributed by atoms with E-state index in [1.165, 1.54) is 10.5 Å². The van der Waals surface area contributed by atoms with Gasteiger partial charge >= 0.3 is 0 Å². The highest BCUT2D eigenvalue weighted by molar-refractivity contribution is 5.98. The Hall–Kier alpha value is -2.13. The predicted molar refractivity (Wildman–Crippen MR) is 77.1 cm³/mol. The van der Waals surface area contributed by atoms with Crippen molar-refractivity contribution >= 4 is 5.91 Å². The van der Waals surface area contributed by atoms with Gasteiger partial charge in [-0.3, -0.25) is 4.79 Å². The van der Waals surface area contributed by atoms with Gasteiger partial charge in [0.2, 0.25) is 0 Å². The van der Waals surface area contributed by atoms with E-state index in [1.807, 2.05) is 24.3 Å². The molecule has 20 heavy (non-hydrogen) atoms. The maximum atomic E-state index is 12.3. The molecule has 0 fully saturated rings. The molecule has 1 heterocycles. The Morgan fingerprint density at radius 3 is 2.35 bits per heavy atom. The fourth-order valence-electron chi connectivity index (χ4n) is 2.59. The zero-order valence-corrected chi connectivity index (χ0v) is 11.4. The summed E-state index contributed by atoms with van der Waals surface area (Å²) in [7, 11) is 0. The first-order chi connectivity index (χ1) is 9.70. The standard InChI is InChI=1S/C17H17NO2/c1-2-12-7-9-13(10-8-12)11-18-16(19)14-5-3-4-6-15(14)17(18)20/h3-10,16,19H,2,11H2,1H3. The van der Waals surface area contributed by atoms with Crippen molar-refractivity contribution < 1.29 is 9.90 Å². The summed E-state index contributed by atoms with van der Waals surface area (Å²) >= 11 is 0. The predicted octanol–water partition coefficient (Wildman–Crippen LogP) is 2.90. The second-order valence-corrected chi connectivity index (χ2v) is 5.06. The zero-order chi connectivity index (χ0) is 14.1. The zero-order valence-electron chi connectivity index (χ0n) is 11.4. The average molecular weight is 267 g/mol. The van der Waals surface area contributed by atoms with Crippen molar-refractivity contribution in [1.29, 1.82) is 0 Å². The van der Waals surface area contributed by atoms with Crippen LogP contribution in [0.25, 0.3) is 0 Å². The van der Waals surface area contributed by atoms with E-state index < -0.39 is 6.23 Å². The summed E-state index contributed by atoms with van der Waals surface area (Å²) in [4.78, 5) is 13.8. The summed E-state index contributed by atoms with van der Waals surface area (Å²) in [5.74, 6) is -0.104. The van der Waals surface area contributed by atoms with Gasteiger partial charge in [0.25, 0.3) is 5.91 Å². The first-order valence-corrected chi connectivity index (χ1v) is 6.86. The Bertz CT molecular complexity index is 634. The minimum atomic E-state index is -0.843. The third-order valence-electron chi connectivity index (χ3n) is 3.81. The highest BCUT2D eigenvalue weighted by Crippen LogP contribution is 2.32. The molecule has 1 unspecified atom stereocenters. The molecule has 102 valence electrons. The lowest BCUT2D eigenvalue weighted by molar-refractivity contribution is 0.0137. The van der Waals surface area contributed by atoms with E-state index in [2.05, 4.69) is 19.1 Å². The molecule has 0 aromatic heterocycles. The molecule has 1 aliphatic heterocycles. The van der Waals surface area contributed by atoms with Gasteiger partial charge in [-0.15, -0.1) is 0 Å². The van der Waals surface area contributed by atoms with Gasteiger partial charge in [-0.25, -0.2) is 0 Å². The minimum Gasteiger partial charge on any atom is -0.369 e. The lowest BCUT2D eigenvalue weighted by atomic mass is 10.1. The second kappa shape index (κ2) is 5.10. The van der Waals surface area contributed by atoms with Crippen molar-refractivity contribution in [3.8, 4) is 0 Å². The molecular weight excluding hydrogens is 250 g/mol. The maximum Gasteiger partial charge on any atom is 0.256 e. The first kappa shape index (κ1) is 12.9. The molecule has 3 heteroatoms. The van der Waals surface area contributed by atoms with Crippen molar-refractivity contribution in [2.24, 2.45) is 0 Å². The number of aliphatic hydroxyl groups excluding tert-OH is 1. The molecule has 0 saturated heterocycles. The summed E-state index contributed by atoms with van der Waals surface area (Å²) in [5, 5.41) is 10.3. The molecule has 0 spiro atoms. The van der Waals surface area contributed by atoms with Crippen LogP contribution in [0.3, 0.4) is 0 Å². The molecule has 0 radical (unpaired) electrons. The Labute approximate surface area is 118 Å². The van der Waals surface area contributed by atoms with Crippen LogP contribution in [-0.2, 0) is 13.0 Å². The molecule has 0 bridgehead atoms. The second-order valence-electron chi connectivity index (χ2n) is 5.06. The lowest BCUT2D eigenvalue weighted by Crippen LogP contribution is -2.27. The highest BCUT2D eigenvalue weighted by Gasteiger charge is 2.34. The number of fused-ring (bicyclic) bond motifs is 1. The Kier molecular flexibility index (Phi) is 3.28. The highest BCUT2D eigenvalue weighted by atomic mass is 16.3. The molecular formula is C17H17NO2. The number of benzene rings is 2. The van der Waals surface area contributed by atoms with Gasteiger partial charge in [0.05, 0.1) is 0 Å². The molecule has 1 amide bonds. The summed E-state index contributed by atoms with van der Waals surface area (Å²) in [5.41, 5.74) is 3.60. The third-order valence-corrected chi connectivity index (χ3v) is 3.81. The fraction of sp³-hybridized carbons (Fsp3) is 0.235. The van der Waals surface area contributed by atoms with Crippen LogP contribution in [0.4, 0.5) is 0 Å². The number of hydrogen-bond donors (Lipinski definition) is 1. The summed E-state index contributed by atoms with van der Waals surface area (Å²) in [6, 6.07) is 15.4. The number of carbonyl (C=O) groups is 1. The topological polar surface area (TPSA) is 40.5 Å². The van der Waals surface area contributed by atoms with Gasteiger partial charge in [0, 0.05) is 17.7 Å². The molecule has 3 rings (SSSR count). The Balaban J connectivity index is 1.83. The molecule has 0 saturated carbocycles. The van der Waals surface area contributed by atoms with Crippen LogP contribution in [-0.4, -0.2) is 15.9 Å². The largest absolute Gasteiger partial charge is 0.369 e. The van der Waals surface area contributed by atoms with Crippen LogP contribution in [0, 0.1) is 0 Å². The SMILES string of the molecule is CCc1ccc(CN2C(=O)c3ccccc3C2O)cc1. The van der Waals surface area contributed by atoms with Crippen LogP contribution in [0.5, 0.6) is 0 Å². The van der Waals surface area contributed by atoms with E-state index in [4.69, 9.17) is 0 Å². The van der Waals surface area contributed by atoms with Crippen molar-refractivity contribution in [3.63, 3.8) is 0 Å². The normalized spacial score (nSPS) is 17.4. The van der Waals surface area contributed by atoms with E-state index in [-0.39, 0.29) is 5.91 Å². The Morgan fingerprint density at radius 1 is 1.05 bits per heavy atom. The van der Waals surface area contributed by atoms with Crippen molar-refractivity contribution in [2.45, 2.75) is 26.1 Å². The Morgan fingerprint density at radius 2 is 1.70 bits per heavy atom. The maximum absolute atomic E-state index is 12.3. The van der Waals surface area contributed by atoms with E-state index in [1.54, 1.807) is 12.1 Å². The number of aliphatic hydroxyl groups is 1. The first-order valence-electron chi connectivity index (χ1n) is 6.86. The lowest BCUT2D eigenvalue weighted by Gasteiger charge is -2.21. The van der Waals surface area contributed by atoms with Crippen LogP contribution in [0.2, 0.25) is 0 Å². The van der Waals surface area contributed by atoms with Crippen molar-refractivity contribution in [3.05, 3.63) is 70.8 Å². The number of carbonyl (C=O) groups excluding carboxylic acids is 1. The van der Waals surface area contributed by atoms with Gasteiger partial charge in [-0.05, 0) is 23.6 Å². The van der Waals surface area contributed by atoms with E-state index in [0.717, 1.165) is 12.0 Å². The van der Waals surface area contributed by atoms with Crippen LogP contribution >= 0.6 is 0 Å².